The number of methoxy groups -OCH3 is 2. The second kappa shape index (κ2) is 21.1. The van der Waals surface area contributed by atoms with Gasteiger partial charge in [-0.05, 0) is 12.1 Å². The van der Waals surface area contributed by atoms with Crippen molar-refractivity contribution < 1.29 is 23.7 Å². The standard InChI is InChI=1S/C25H33O5.3C4H9.Sn/c1-18(2)14-19(3)15-23-10-6-8-21(30-23)9-7-11-25(26)29-17-20-12-13-22(27-4)16-24(20)28-5;3*1-3-4-2;/h6-8,11-13,16,19,21,23H,1-2,9-10,14-15,17H2,3-5H3;3*1,3-4H2,2H3;/b11-7-;;;;/t19-,21+,23+;;;;/m0..../s1. The van der Waals surface area contributed by atoms with Gasteiger partial charge in [0.1, 0.15) is 18.1 Å². The second-order valence-corrected chi connectivity index (χ2v) is 26.5. The molecular weight excluding hydrogens is 643 g/mol. The van der Waals surface area contributed by atoms with Gasteiger partial charge in [-0.2, -0.15) is 0 Å². The van der Waals surface area contributed by atoms with Crippen molar-refractivity contribution in [1.29, 1.82) is 0 Å². The van der Waals surface area contributed by atoms with E-state index in [4.69, 9.17) is 18.9 Å². The Morgan fingerprint density at radius 3 is 2.35 bits per heavy atom. The molecule has 0 bridgehead atoms. The van der Waals surface area contributed by atoms with E-state index in [0.29, 0.717) is 23.8 Å². The molecule has 5 nitrogen and oxygen atoms in total. The first-order chi connectivity index (χ1) is 20.8. The van der Waals surface area contributed by atoms with Crippen LogP contribution in [0, 0.1) is 5.92 Å². The van der Waals surface area contributed by atoms with Gasteiger partial charge in [0, 0.05) is 11.6 Å². The zero-order valence-electron chi connectivity index (χ0n) is 28.1. The van der Waals surface area contributed by atoms with E-state index >= 15 is 0 Å². The predicted molar refractivity (Wildman–Crippen MR) is 183 cm³/mol. The van der Waals surface area contributed by atoms with Crippen molar-refractivity contribution >= 4 is 24.3 Å². The van der Waals surface area contributed by atoms with Gasteiger partial charge in [-0.15, -0.1) is 0 Å². The predicted octanol–water partition coefficient (Wildman–Crippen LogP) is 10.2. The number of hydrogen-bond acceptors (Lipinski definition) is 5. The molecule has 1 aliphatic heterocycles. The second-order valence-electron chi connectivity index (χ2n) is 12.7. The molecule has 1 aromatic rings. The Bertz CT molecular complexity index is 994. The summed E-state index contributed by atoms with van der Waals surface area (Å²) in [5.41, 5.74) is 2.31. The van der Waals surface area contributed by atoms with Gasteiger partial charge in [0.2, 0.25) is 0 Å². The van der Waals surface area contributed by atoms with Gasteiger partial charge in [-0.25, -0.2) is 4.79 Å². The van der Waals surface area contributed by atoms with E-state index in [2.05, 4.69) is 46.4 Å². The monoisotopic (exact) mass is 704 g/mol. The molecular formula is C37H60O5Sn. The molecule has 0 aromatic heterocycles. The van der Waals surface area contributed by atoms with Gasteiger partial charge in [0.25, 0.3) is 0 Å². The molecule has 0 amide bonds. The zero-order chi connectivity index (χ0) is 31.5. The van der Waals surface area contributed by atoms with E-state index in [1.807, 2.05) is 18.2 Å². The molecule has 1 aromatic carbocycles. The molecule has 0 saturated carbocycles. The van der Waals surface area contributed by atoms with Crippen LogP contribution in [0.5, 0.6) is 11.5 Å². The van der Waals surface area contributed by atoms with Crippen LogP contribution in [0.2, 0.25) is 17.7 Å². The molecule has 0 aliphatic carbocycles. The molecule has 0 spiro atoms. The van der Waals surface area contributed by atoms with Crippen molar-refractivity contribution in [2.75, 3.05) is 14.2 Å². The number of hydrogen-bond donors (Lipinski definition) is 0. The van der Waals surface area contributed by atoms with Gasteiger partial charge in [-0.1, -0.05) is 0 Å². The summed E-state index contributed by atoms with van der Waals surface area (Å²) in [7, 11) is 3.20. The van der Waals surface area contributed by atoms with E-state index in [0.717, 1.165) is 24.8 Å². The summed E-state index contributed by atoms with van der Waals surface area (Å²) in [6.07, 6.45) is 19.9. The Balaban J connectivity index is 1.82. The first-order valence-electron chi connectivity index (χ1n) is 16.8. The SMILES string of the molecule is C=C(C[C@H](C)C[C@H]1CC=C[C@H](C/C=C\C(=O)OCc2ccc(OC)cc2OC)O1)[CH2][Sn]([CH2]CCC)([CH2]CCC)[CH2]CCC. The molecule has 0 saturated heterocycles. The topological polar surface area (TPSA) is 54.0 Å². The van der Waals surface area contributed by atoms with Crippen molar-refractivity contribution in [2.24, 2.45) is 5.92 Å². The average Bonchev–Trinajstić information content (AvgIpc) is 3.00. The van der Waals surface area contributed by atoms with Gasteiger partial charge >= 0.3 is 193 Å². The Labute approximate surface area is 267 Å². The molecule has 242 valence electrons. The van der Waals surface area contributed by atoms with Crippen molar-refractivity contribution in [1.82, 2.24) is 0 Å². The number of rotatable bonds is 22. The van der Waals surface area contributed by atoms with Crippen LogP contribution >= 0.6 is 0 Å². The zero-order valence-corrected chi connectivity index (χ0v) is 31.0. The number of carbonyl (C=O) groups is 1. The van der Waals surface area contributed by atoms with E-state index < -0.39 is 18.4 Å². The maximum absolute atomic E-state index is 12.3. The van der Waals surface area contributed by atoms with Crippen LogP contribution < -0.4 is 9.47 Å². The van der Waals surface area contributed by atoms with Gasteiger partial charge in [0.15, 0.2) is 0 Å². The third-order valence-corrected chi connectivity index (χ3v) is 24.4. The Morgan fingerprint density at radius 2 is 1.74 bits per heavy atom. The van der Waals surface area contributed by atoms with Crippen molar-refractivity contribution in [3.05, 3.63) is 60.2 Å². The van der Waals surface area contributed by atoms with Crippen LogP contribution in [0.25, 0.3) is 0 Å². The van der Waals surface area contributed by atoms with Crippen LogP contribution in [0.4, 0.5) is 0 Å². The molecule has 43 heavy (non-hydrogen) atoms. The van der Waals surface area contributed by atoms with Crippen LogP contribution in [0.1, 0.15) is 97.5 Å². The summed E-state index contributed by atoms with van der Waals surface area (Å²) >= 11 is -2.20. The Morgan fingerprint density at radius 1 is 1.07 bits per heavy atom. The first-order valence-corrected chi connectivity index (χ1v) is 24.9. The summed E-state index contributed by atoms with van der Waals surface area (Å²) in [4.78, 5) is 12.3. The number of allylic oxidation sites excluding steroid dienone is 1. The molecule has 3 atom stereocenters. The van der Waals surface area contributed by atoms with Crippen molar-refractivity contribution in [3.8, 4) is 11.5 Å². The van der Waals surface area contributed by atoms with Gasteiger partial charge in [-0.3, -0.25) is 0 Å². The molecule has 1 heterocycles. The van der Waals surface area contributed by atoms with Crippen LogP contribution in [-0.4, -0.2) is 50.8 Å². The fourth-order valence-corrected chi connectivity index (χ4v) is 22.9. The van der Waals surface area contributed by atoms with E-state index in [1.165, 1.54) is 54.6 Å². The number of carbonyl (C=O) groups excluding carboxylic acids is 1. The van der Waals surface area contributed by atoms with Crippen LogP contribution in [-0.2, 0) is 20.9 Å². The van der Waals surface area contributed by atoms with E-state index in [-0.39, 0.29) is 24.8 Å². The minimum atomic E-state index is -2.20. The molecule has 0 fully saturated rings. The number of unbranched alkanes of at least 4 members (excludes halogenated alkanes) is 3. The average molecular weight is 704 g/mol. The van der Waals surface area contributed by atoms with Crippen molar-refractivity contribution in [3.63, 3.8) is 0 Å². The summed E-state index contributed by atoms with van der Waals surface area (Å²) < 4.78 is 28.5. The number of esters is 1. The van der Waals surface area contributed by atoms with Crippen LogP contribution in [0.3, 0.4) is 0 Å². The van der Waals surface area contributed by atoms with E-state index in [1.54, 1.807) is 33.6 Å². The summed E-state index contributed by atoms with van der Waals surface area (Å²) in [6, 6.07) is 5.45. The minimum absolute atomic E-state index is 0.0131. The fraction of sp³-hybridized carbons (Fsp3) is 0.649. The maximum atomic E-state index is 12.3. The van der Waals surface area contributed by atoms with E-state index in [9.17, 15) is 4.79 Å². The molecule has 0 N–H and O–H groups in total. The fourth-order valence-electron chi connectivity index (χ4n) is 6.41. The normalized spacial score (nSPS) is 17.6. The summed E-state index contributed by atoms with van der Waals surface area (Å²) in [5.74, 6) is 1.52. The van der Waals surface area contributed by atoms with Gasteiger partial charge in [0.05, 0.1) is 14.2 Å². The Kier molecular flexibility index (Phi) is 18.4. The molecule has 2 rings (SSSR count). The number of benzene rings is 1. The summed E-state index contributed by atoms with van der Waals surface area (Å²) in [5, 5.41) is 0. The molecule has 0 radical (unpaired) electrons. The molecule has 1 aliphatic rings. The van der Waals surface area contributed by atoms with Crippen molar-refractivity contribution in [2.45, 2.75) is 128 Å². The number of ether oxygens (including phenoxy) is 4. The third kappa shape index (κ3) is 14.3. The third-order valence-electron chi connectivity index (χ3n) is 8.71. The summed E-state index contributed by atoms with van der Waals surface area (Å²) in [6.45, 7) is 14.2. The Hall–Kier alpha value is -1.73. The molecule has 6 heteroatoms. The van der Waals surface area contributed by atoms with Crippen LogP contribution in [0.15, 0.2) is 54.7 Å². The quantitative estimate of drug-likeness (QED) is 0.0521. The molecule has 0 unspecified atom stereocenters. The first kappa shape index (κ1) is 37.5. The van der Waals surface area contributed by atoms with Gasteiger partial charge < -0.3 is 14.2 Å².